The molecule has 2 aliphatic rings. The number of fused-ring (bicyclic) bond motifs is 2. The van der Waals surface area contributed by atoms with Crippen molar-refractivity contribution >= 4 is 11.7 Å². The Morgan fingerprint density at radius 3 is 2.69 bits per heavy atom. The molecular weight excluding hydrogens is 335 g/mol. The van der Waals surface area contributed by atoms with Gasteiger partial charge in [0.05, 0.1) is 11.6 Å². The Labute approximate surface area is 150 Å². The van der Waals surface area contributed by atoms with Crippen LogP contribution in [-0.4, -0.2) is 26.4 Å². The Bertz CT molecular complexity index is 1020. The largest absolute Gasteiger partial charge is 0.348 e. The lowest BCUT2D eigenvalue weighted by atomic mass is 9.96. The second-order valence-electron chi connectivity index (χ2n) is 6.93. The molecule has 1 fully saturated rings. The van der Waals surface area contributed by atoms with Crippen LogP contribution >= 0.6 is 0 Å². The fourth-order valence-corrected chi connectivity index (χ4v) is 3.95. The average molecular weight is 356 g/mol. The second-order valence-corrected chi connectivity index (χ2v) is 6.93. The molecule has 0 aliphatic carbocycles. The highest BCUT2D eigenvalue weighted by atomic mass is 19.1. The maximum absolute atomic E-state index is 13.9. The van der Waals surface area contributed by atoms with E-state index in [1.54, 1.807) is 13.1 Å². The summed E-state index contributed by atoms with van der Waals surface area (Å²) in [7, 11) is 3.09. The topological polar surface area (TPSA) is 59.6 Å². The number of aromatic nitrogens is 2. The van der Waals surface area contributed by atoms with Crippen LogP contribution in [0.4, 0.5) is 10.2 Å². The molecule has 1 unspecified atom stereocenters. The third-order valence-electron chi connectivity index (χ3n) is 5.28. The molecular formula is C19H21FN4O2. The number of rotatable bonds is 1. The second kappa shape index (κ2) is 6.23. The first-order valence-corrected chi connectivity index (χ1v) is 8.88. The molecule has 1 atom stereocenters. The highest BCUT2D eigenvalue weighted by Crippen LogP contribution is 2.38. The lowest BCUT2D eigenvalue weighted by Crippen LogP contribution is -2.46. The van der Waals surface area contributed by atoms with E-state index in [1.165, 1.54) is 23.7 Å². The van der Waals surface area contributed by atoms with E-state index < -0.39 is 11.7 Å². The van der Waals surface area contributed by atoms with Crippen LogP contribution in [0.15, 0.2) is 38.8 Å². The van der Waals surface area contributed by atoms with Crippen molar-refractivity contribution in [2.45, 2.75) is 31.7 Å². The van der Waals surface area contributed by atoms with Crippen LogP contribution in [0.1, 0.15) is 42.9 Å². The van der Waals surface area contributed by atoms with Crippen LogP contribution in [-0.2, 0) is 14.1 Å². The maximum atomic E-state index is 13.9. The summed E-state index contributed by atoms with van der Waals surface area (Å²) >= 11 is 0. The fraction of sp³-hybridized carbons (Fsp3) is 0.421. The summed E-state index contributed by atoms with van der Waals surface area (Å²) in [6.07, 6.45) is 3.87. The standard InChI is InChI=1S/C19H21FN4O2/c1-22-17-15(18(25)23(2)19(22)26)16(12-7-6-8-13(20)11-12)24-10-5-3-4-9-14(24)21-17/h6-8,11,16H,3-5,9-10H2,1-2H3. The Balaban J connectivity index is 2.05. The first-order valence-electron chi connectivity index (χ1n) is 8.88. The first-order chi connectivity index (χ1) is 12.5. The summed E-state index contributed by atoms with van der Waals surface area (Å²) in [6.45, 7) is 0.755. The molecule has 0 saturated carbocycles. The van der Waals surface area contributed by atoms with Crippen molar-refractivity contribution in [1.29, 1.82) is 0 Å². The van der Waals surface area contributed by atoms with Gasteiger partial charge in [-0.15, -0.1) is 0 Å². The van der Waals surface area contributed by atoms with Crippen LogP contribution in [0.2, 0.25) is 0 Å². The van der Waals surface area contributed by atoms with E-state index in [9.17, 15) is 14.0 Å². The van der Waals surface area contributed by atoms with Gasteiger partial charge in [0.2, 0.25) is 0 Å². The van der Waals surface area contributed by atoms with Gasteiger partial charge in [0.1, 0.15) is 17.5 Å². The van der Waals surface area contributed by atoms with Gasteiger partial charge in [-0.2, -0.15) is 0 Å². The molecule has 2 aromatic rings. The van der Waals surface area contributed by atoms with E-state index in [1.807, 2.05) is 6.07 Å². The molecule has 1 aromatic carbocycles. The number of hydrogen-bond donors (Lipinski definition) is 0. The Morgan fingerprint density at radius 1 is 1.12 bits per heavy atom. The zero-order valence-corrected chi connectivity index (χ0v) is 14.9. The van der Waals surface area contributed by atoms with Gasteiger partial charge < -0.3 is 4.90 Å². The molecule has 1 saturated heterocycles. The Kier molecular flexibility index (Phi) is 4.01. The molecule has 136 valence electrons. The van der Waals surface area contributed by atoms with Crippen LogP contribution in [0, 0.1) is 5.82 Å². The molecule has 7 heteroatoms. The summed E-state index contributed by atoms with van der Waals surface area (Å²) in [6, 6.07) is 5.91. The van der Waals surface area contributed by atoms with E-state index in [0.717, 1.165) is 42.6 Å². The van der Waals surface area contributed by atoms with Crippen molar-refractivity contribution in [3.8, 4) is 0 Å². The minimum Gasteiger partial charge on any atom is -0.348 e. The molecule has 26 heavy (non-hydrogen) atoms. The molecule has 0 N–H and O–H groups in total. The number of nitrogens with zero attached hydrogens (tertiary/aromatic N) is 4. The Hall–Kier alpha value is -2.70. The predicted molar refractivity (Wildman–Crippen MR) is 97.4 cm³/mol. The lowest BCUT2D eigenvalue weighted by molar-refractivity contribution is 0.341. The van der Waals surface area contributed by atoms with Crippen molar-refractivity contribution in [1.82, 2.24) is 14.0 Å². The summed E-state index contributed by atoms with van der Waals surface area (Å²) in [5.41, 5.74) is 0.365. The molecule has 4 rings (SSSR count). The summed E-state index contributed by atoms with van der Waals surface area (Å²) in [5, 5.41) is 0. The number of aliphatic imine (C=N–C) groups is 1. The minimum atomic E-state index is -0.434. The van der Waals surface area contributed by atoms with E-state index >= 15 is 0 Å². The predicted octanol–water partition coefficient (Wildman–Crippen LogP) is 2.23. The van der Waals surface area contributed by atoms with Gasteiger partial charge in [-0.05, 0) is 30.5 Å². The van der Waals surface area contributed by atoms with Crippen molar-refractivity contribution < 1.29 is 4.39 Å². The molecule has 0 amide bonds. The van der Waals surface area contributed by atoms with Crippen molar-refractivity contribution in [2.24, 2.45) is 19.1 Å². The zero-order valence-electron chi connectivity index (χ0n) is 14.9. The molecule has 6 nitrogen and oxygen atoms in total. The van der Waals surface area contributed by atoms with Crippen LogP contribution in [0.3, 0.4) is 0 Å². The zero-order chi connectivity index (χ0) is 18.4. The van der Waals surface area contributed by atoms with Crippen LogP contribution < -0.4 is 11.2 Å². The minimum absolute atomic E-state index is 0.343. The van der Waals surface area contributed by atoms with Gasteiger partial charge >= 0.3 is 5.69 Å². The summed E-state index contributed by atoms with van der Waals surface area (Å²) in [5.74, 6) is 0.914. The third kappa shape index (κ3) is 2.50. The SMILES string of the molecule is Cn1c2c(c(=O)n(C)c1=O)C(c1cccc(F)c1)N1CCCCCC1=N2. The fourth-order valence-electron chi connectivity index (χ4n) is 3.95. The molecule has 2 aliphatic heterocycles. The summed E-state index contributed by atoms with van der Waals surface area (Å²) < 4.78 is 16.5. The monoisotopic (exact) mass is 356 g/mol. The molecule has 1 aromatic heterocycles. The smallest absolute Gasteiger partial charge is 0.332 e. The maximum Gasteiger partial charge on any atom is 0.332 e. The molecule has 0 radical (unpaired) electrons. The van der Waals surface area contributed by atoms with Gasteiger partial charge in [0.25, 0.3) is 5.56 Å². The van der Waals surface area contributed by atoms with E-state index in [2.05, 4.69) is 9.89 Å². The van der Waals surface area contributed by atoms with Gasteiger partial charge in [-0.25, -0.2) is 14.2 Å². The third-order valence-corrected chi connectivity index (χ3v) is 5.28. The Morgan fingerprint density at radius 2 is 1.92 bits per heavy atom. The van der Waals surface area contributed by atoms with Crippen LogP contribution in [0.25, 0.3) is 0 Å². The van der Waals surface area contributed by atoms with Crippen molar-refractivity contribution in [3.05, 3.63) is 62.0 Å². The van der Waals surface area contributed by atoms with E-state index in [4.69, 9.17) is 0 Å². The van der Waals surface area contributed by atoms with Gasteiger partial charge in [0.15, 0.2) is 0 Å². The highest BCUT2D eigenvalue weighted by Gasteiger charge is 2.36. The van der Waals surface area contributed by atoms with Gasteiger partial charge in [0, 0.05) is 27.1 Å². The average Bonchev–Trinajstić information content (AvgIpc) is 2.88. The number of halogens is 1. The van der Waals surface area contributed by atoms with E-state index in [0.29, 0.717) is 16.9 Å². The normalized spacial score (nSPS) is 19.4. The number of hydrogen-bond acceptors (Lipinski definition) is 4. The lowest BCUT2D eigenvalue weighted by Gasteiger charge is -2.37. The highest BCUT2D eigenvalue weighted by molar-refractivity contribution is 5.88. The first kappa shape index (κ1) is 16.8. The number of amidine groups is 1. The van der Waals surface area contributed by atoms with Crippen molar-refractivity contribution in [2.75, 3.05) is 6.54 Å². The molecule has 0 spiro atoms. The summed E-state index contributed by atoms with van der Waals surface area (Å²) in [4.78, 5) is 32.1. The molecule has 0 bridgehead atoms. The molecule has 3 heterocycles. The van der Waals surface area contributed by atoms with Gasteiger partial charge in [-0.3, -0.25) is 13.9 Å². The number of benzene rings is 1. The van der Waals surface area contributed by atoms with Crippen LogP contribution in [0.5, 0.6) is 0 Å². The van der Waals surface area contributed by atoms with Gasteiger partial charge in [-0.1, -0.05) is 18.6 Å². The quantitative estimate of drug-likeness (QED) is 0.787. The van der Waals surface area contributed by atoms with E-state index in [-0.39, 0.29) is 11.4 Å². The van der Waals surface area contributed by atoms with Crippen molar-refractivity contribution in [3.63, 3.8) is 0 Å².